The summed E-state index contributed by atoms with van der Waals surface area (Å²) in [5, 5.41) is 12.4. The van der Waals surface area contributed by atoms with Gasteiger partial charge in [0.25, 0.3) is 0 Å². The number of hydrogen-bond donors (Lipinski definition) is 3. The molecule has 0 bridgehead atoms. The highest BCUT2D eigenvalue weighted by molar-refractivity contribution is 9.10. The Kier molecular flexibility index (Phi) is 11.0. The van der Waals surface area contributed by atoms with Crippen molar-refractivity contribution in [3.8, 4) is 0 Å². The zero-order valence-electron chi connectivity index (χ0n) is 17.7. The quantitative estimate of drug-likeness (QED) is 0.218. The number of rotatable bonds is 12. The molecule has 6 heteroatoms. The van der Waals surface area contributed by atoms with Crippen molar-refractivity contribution in [3.05, 3.63) is 27.7 Å². The van der Waals surface area contributed by atoms with E-state index in [1.807, 2.05) is 6.07 Å². The molecule has 1 fully saturated rings. The van der Waals surface area contributed by atoms with Crippen molar-refractivity contribution >= 4 is 27.6 Å². The van der Waals surface area contributed by atoms with Gasteiger partial charge < -0.3 is 20.9 Å². The predicted octanol–water partition coefficient (Wildman–Crippen LogP) is 5.36. The Bertz CT molecular complexity index is 633. The summed E-state index contributed by atoms with van der Waals surface area (Å²) in [6, 6.07) is 3.86. The number of hydrogen-bond acceptors (Lipinski definition) is 5. The molecule has 2 rings (SSSR count). The Morgan fingerprint density at radius 3 is 2.59 bits per heavy atom. The van der Waals surface area contributed by atoms with E-state index in [0.717, 1.165) is 48.7 Å². The van der Waals surface area contributed by atoms with Crippen molar-refractivity contribution in [1.29, 1.82) is 0 Å². The number of aliphatic hydroxyl groups excluding tert-OH is 1. The van der Waals surface area contributed by atoms with Gasteiger partial charge in [-0.25, -0.2) is 4.79 Å². The number of halogens is 1. The fourth-order valence-electron chi connectivity index (χ4n) is 4.22. The fourth-order valence-corrected chi connectivity index (χ4v) is 4.70. The molecule has 4 N–H and O–H groups in total. The van der Waals surface area contributed by atoms with Crippen LogP contribution in [0.15, 0.2) is 16.6 Å². The van der Waals surface area contributed by atoms with Crippen molar-refractivity contribution < 1.29 is 14.6 Å². The van der Waals surface area contributed by atoms with Gasteiger partial charge in [0.1, 0.15) is 0 Å². The maximum absolute atomic E-state index is 12.6. The summed E-state index contributed by atoms with van der Waals surface area (Å²) >= 11 is 3.54. The molecule has 0 aliphatic heterocycles. The Balaban J connectivity index is 2.03. The molecule has 0 saturated heterocycles. The van der Waals surface area contributed by atoms with Crippen LogP contribution in [0, 0.1) is 5.92 Å². The van der Waals surface area contributed by atoms with Crippen molar-refractivity contribution in [2.24, 2.45) is 5.92 Å². The van der Waals surface area contributed by atoms with Crippen LogP contribution >= 0.6 is 15.9 Å². The van der Waals surface area contributed by atoms with Gasteiger partial charge in [-0.3, -0.25) is 0 Å². The minimum absolute atomic E-state index is 0.163. The molecule has 29 heavy (non-hydrogen) atoms. The maximum atomic E-state index is 12.6. The number of esters is 1. The van der Waals surface area contributed by atoms with E-state index < -0.39 is 0 Å². The van der Waals surface area contributed by atoms with Crippen LogP contribution in [0.2, 0.25) is 0 Å². The molecule has 1 aliphatic rings. The van der Waals surface area contributed by atoms with Gasteiger partial charge in [-0.2, -0.15) is 0 Å². The van der Waals surface area contributed by atoms with Crippen molar-refractivity contribution in [3.63, 3.8) is 0 Å². The Morgan fingerprint density at radius 1 is 1.21 bits per heavy atom. The van der Waals surface area contributed by atoms with Gasteiger partial charge in [-0.15, -0.1) is 0 Å². The van der Waals surface area contributed by atoms with Crippen LogP contribution in [0.1, 0.15) is 93.1 Å². The molecule has 1 aliphatic carbocycles. The number of nitrogens with two attached hydrogens (primary N) is 1. The number of unbranched alkanes of at least 4 members (excludes halogenated alkanes) is 4. The summed E-state index contributed by atoms with van der Waals surface area (Å²) in [5.74, 6) is 0.254. The predicted molar refractivity (Wildman–Crippen MR) is 122 cm³/mol. The van der Waals surface area contributed by atoms with Crippen LogP contribution in [0.3, 0.4) is 0 Å². The lowest BCUT2D eigenvalue weighted by molar-refractivity contribution is 0.0497. The summed E-state index contributed by atoms with van der Waals surface area (Å²) in [6.07, 6.45) is 11.0. The van der Waals surface area contributed by atoms with Gasteiger partial charge in [0.2, 0.25) is 0 Å². The Hall–Kier alpha value is -1.11. The molecule has 0 aromatic heterocycles. The second-order valence-electron chi connectivity index (χ2n) is 8.02. The number of anilines is 1. The number of aliphatic hydroxyl groups is 1. The molecule has 1 saturated carbocycles. The minimum Gasteiger partial charge on any atom is -0.462 e. The second kappa shape index (κ2) is 13.2. The second-order valence-corrected chi connectivity index (χ2v) is 8.88. The van der Waals surface area contributed by atoms with E-state index in [2.05, 4.69) is 28.2 Å². The first-order chi connectivity index (χ1) is 14.1. The van der Waals surface area contributed by atoms with Gasteiger partial charge in [-0.1, -0.05) is 45.4 Å². The first kappa shape index (κ1) is 24.2. The van der Waals surface area contributed by atoms with E-state index in [0.29, 0.717) is 23.8 Å². The van der Waals surface area contributed by atoms with Crippen molar-refractivity contribution in [1.82, 2.24) is 5.32 Å². The van der Waals surface area contributed by atoms with Gasteiger partial charge in [-0.05, 0) is 71.8 Å². The molecule has 0 spiro atoms. The number of benzene rings is 1. The summed E-state index contributed by atoms with van der Waals surface area (Å²) in [7, 11) is 0. The molecule has 1 atom stereocenters. The van der Waals surface area contributed by atoms with Crippen LogP contribution in [0.25, 0.3) is 0 Å². The first-order valence-electron chi connectivity index (χ1n) is 11.2. The zero-order chi connectivity index (χ0) is 21.1. The maximum Gasteiger partial charge on any atom is 0.338 e. The van der Waals surface area contributed by atoms with Gasteiger partial charge in [0, 0.05) is 17.1 Å². The average molecular weight is 469 g/mol. The third-order valence-corrected chi connectivity index (χ3v) is 6.47. The number of carbonyl (C=O) groups is 1. The summed E-state index contributed by atoms with van der Waals surface area (Å²) in [6.45, 7) is 3.65. The van der Waals surface area contributed by atoms with E-state index in [-0.39, 0.29) is 18.6 Å². The lowest BCUT2D eigenvalue weighted by atomic mass is 9.80. The summed E-state index contributed by atoms with van der Waals surface area (Å²) in [4.78, 5) is 12.6. The van der Waals surface area contributed by atoms with Crippen molar-refractivity contribution in [2.45, 2.75) is 77.2 Å². The van der Waals surface area contributed by atoms with Gasteiger partial charge >= 0.3 is 5.97 Å². The van der Waals surface area contributed by atoms with E-state index in [1.54, 1.807) is 6.07 Å². The molecule has 1 unspecified atom stereocenters. The molecule has 1 aromatic carbocycles. The zero-order valence-corrected chi connectivity index (χ0v) is 19.3. The third-order valence-electron chi connectivity index (χ3n) is 5.81. The van der Waals surface area contributed by atoms with E-state index in [1.165, 1.54) is 32.1 Å². The van der Waals surface area contributed by atoms with Crippen LogP contribution < -0.4 is 11.1 Å². The third kappa shape index (κ3) is 7.58. The van der Waals surface area contributed by atoms with Crippen LogP contribution in [-0.4, -0.2) is 30.8 Å². The topological polar surface area (TPSA) is 84.6 Å². The number of carbonyl (C=O) groups excluding carboxylic acids is 1. The largest absolute Gasteiger partial charge is 0.462 e. The van der Waals surface area contributed by atoms with Crippen LogP contribution in [0.5, 0.6) is 0 Å². The molecule has 5 nitrogen and oxygen atoms in total. The molecule has 1 aromatic rings. The van der Waals surface area contributed by atoms with Crippen LogP contribution in [0.4, 0.5) is 5.69 Å². The van der Waals surface area contributed by atoms with E-state index >= 15 is 0 Å². The lowest BCUT2D eigenvalue weighted by Crippen LogP contribution is -2.30. The van der Waals surface area contributed by atoms with Gasteiger partial charge in [0.15, 0.2) is 0 Å². The standard InChI is InChI=1S/C23H37BrN2O3/c1-2-26-22(17-11-7-6-8-12-17)19-15-18(16-20(24)21(19)25)23(28)29-14-10-5-3-4-9-13-27/h15-17,22,26-27H,2-14,25H2,1H3. The number of ether oxygens (including phenoxy) is 1. The van der Waals surface area contributed by atoms with Crippen LogP contribution in [-0.2, 0) is 4.74 Å². The highest BCUT2D eigenvalue weighted by atomic mass is 79.9. The fraction of sp³-hybridized carbons (Fsp3) is 0.696. The number of nitrogens with one attached hydrogen (secondary N) is 1. The Morgan fingerprint density at radius 2 is 1.90 bits per heavy atom. The Labute approximate surface area is 183 Å². The first-order valence-corrected chi connectivity index (χ1v) is 12.0. The average Bonchev–Trinajstić information content (AvgIpc) is 2.74. The summed E-state index contributed by atoms with van der Waals surface area (Å²) in [5.41, 5.74) is 8.68. The number of nitrogen functional groups attached to an aromatic ring is 1. The van der Waals surface area contributed by atoms with Gasteiger partial charge in [0.05, 0.1) is 17.9 Å². The lowest BCUT2D eigenvalue weighted by Gasteiger charge is -2.32. The van der Waals surface area contributed by atoms with Crippen molar-refractivity contribution in [2.75, 3.05) is 25.5 Å². The molecule has 0 heterocycles. The summed E-state index contributed by atoms with van der Waals surface area (Å²) < 4.78 is 6.25. The molecular weight excluding hydrogens is 432 g/mol. The van der Waals surface area contributed by atoms with E-state index in [9.17, 15) is 4.79 Å². The molecular formula is C23H37BrN2O3. The monoisotopic (exact) mass is 468 g/mol. The smallest absolute Gasteiger partial charge is 0.338 e. The normalized spacial score (nSPS) is 16.0. The molecule has 0 amide bonds. The highest BCUT2D eigenvalue weighted by Gasteiger charge is 2.27. The molecule has 164 valence electrons. The van der Waals surface area contributed by atoms with E-state index in [4.69, 9.17) is 15.6 Å². The highest BCUT2D eigenvalue weighted by Crippen LogP contribution is 2.39. The minimum atomic E-state index is -0.291. The molecule has 0 radical (unpaired) electrons. The SMILES string of the molecule is CCNC(c1cc(C(=O)OCCCCCCCO)cc(Br)c1N)C1CCCCC1.